The molecule has 0 aliphatic carbocycles. The fraction of sp³-hybridized carbons (Fsp3) is 0.600. The largest absolute Gasteiger partial charge is 0.494 e. The molecule has 0 aromatic heterocycles. The van der Waals surface area contributed by atoms with Gasteiger partial charge in [-0.15, -0.1) is 0 Å². The monoisotopic (exact) mass is 482 g/mol. The Labute approximate surface area is 214 Å². The Kier molecular flexibility index (Phi) is 16.3. The Morgan fingerprint density at radius 1 is 0.588 bits per heavy atom. The van der Waals surface area contributed by atoms with Gasteiger partial charge in [0.2, 0.25) is 0 Å². The van der Waals surface area contributed by atoms with Gasteiger partial charge in [0.05, 0.1) is 18.0 Å². The summed E-state index contributed by atoms with van der Waals surface area (Å²) in [4.78, 5) is 0. The van der Waals surface area contributed by atoms with Gasteiger partial charge in [-0.05, 0) is 73.4 Å². The number of hydrogen-bond donors (Lipinski definition) is 1. The van der Waals surface area contributed by atoms with Gasteiger partial charge < -0.3 is 4.74 Å². The van der Waals surface area contributed by atoms with Crippen molar-refractivity contribution in [3.63, 3.8) is 0 Å². The Bertz CT molecular complexity index is 758. The molecule has 2 rings (SSSR count). The smallest absolute Gasteiger partial charge is 0.119 e. The summed E-state index contributed by atoms with van der Waals surface area (Å²) < 4.78 is 5.89. The molecule has 0 bridgehead atoms. The van der Waals surface area contributed by atoms with Crippen molar-refractivity contribution in [2.75, 3.05) is 12.4 Å². The van der Waals surface area contributed by atoms with Crippen molar-refractivity contribution in [2.45, 2.75) is 103 Å². The highest BCUT2D eigenvalue weighted by Crippen LogP contribution is 2.22. The van der Waals surface area contributed by atoms with Crippen LogP contribution in [0.15, 0.2) is 58.8 Å². The Morgan fingerprint density at radius 2 is 1.09 bits per heavy atom. The maximum absolute atomic E-state index is 5.89. The molecule has 0 heterocycles. The van der Waals surface area contributed by atoms with Crippen molar-refractivity contribution in [3.8, 4) is 5.75 Å². The second kappa shape index (κ2) is 19.5. The highest BCUT2D eigenvalue weighted by Gasteiger charge is 1.98. The summed E-state index contributed by atoms with van der Waals surface area (Å²) in [5.74, 6) is 1.94. The fourth-order valence-electron chi connectivity index (χ4n) is 4.03. The molecule has 0 aliphatic heterocycles. The lowest BCUT2D eigenvalue weighted by molar-refractivity contribution is 0.304. The van der Waals surface area contributed by atoms with Gasteiger partial charge in [-0.25, -0.2) is 0 Å². The van der Waals surface area contributed by atoms with Crippen LogP contribution < -0.4 is 4.74 Å². The van der Waals surface area contributed by atoms with Crippen LogP contribution in [0.25, 0.3) is 0 Å². The van der Waals surface area contributed by atoms with E-state index < -0.39 is 0 Å². The Morgan fingerprint density at radius 3 is 1.65 bits per heavy atom. The number of rotatable bonds is 20. The van der Waals surface area contributed by atoms with Crippen molar-refractivity contribution in [2.24, 2.45) is 10.2 Å². The van der Waals surface area contributed by atoms with E-state index in [9.17, 15) is 0 Å². The van der Waals surface area contributed by atoms with Crippen LogP contribution >= 0.6 is 12.6 Å². The lowest BCUT2D eigenvalue weighted by Crippen LogP contribution is -1.96. The van der Waals surface area contributed by atoms with Gasteiger partial charge in [0, 0.05) is 0 Å². The third-order valence-electron chi connectivity index (χ3n) is 6.19. The van der Waals surface area contributed by atoms with Crippen LogP contribution in [0, 0.1) is 0 Å². The summed E-state index contributed by atoms with van der Waals surface area (Å²) >= 11 is 4.26. The van der Waals surface area contributed by atoms with Gasteiger partial charge in [-0.1, -0.05) is 89.7 Å². The zero-order valence-corrected chi connectivity index (χ0v) is 22.3. The Balaban J connectivity index is 1.55. The number of benzene rings is 2. The zero-order chi connectivity index (χ0) is 24.1. The summed E-state index contributed by atoms with van der Waals surface area (Å²) in [6.45, 7) is 3.04. The van der Waals surface area contributed by atoms with Gasteiger partial charge in [0.15, 0.2) is 0 Å². The molecule has 0 unspecified atom stereocenters. The van der Waals surface area contributed by atoms with Gasteiger partial charge >= 0.3 is 0 Å². The fourth-order valence-corrected chi connectivity index (χ4v) is 4.25. The third-order valence-corrected chi connectivity index (χ3v) is 6.51. The normalized spacial score (nSPS) is 11.4. The standard InChI is InChI=1S/C30H46N2OS/c1-2-3-4-13-16-27-17-19-28(20-18-27)31-32-29-21-23-30(24-22-29)33-25-14-11-9-7-5-6-8-10-12-15-26-34/h17-24,34H,2-16,25-26H2,1H3. The summed E-state index contributed by atoms with van der Waals surface area (Å²) in [6, 6.07) is 16.4. The first-order valence-electron chi connectivity index (χ1n) is 13.7. The van der Waals surface area contributed by atoms with Gasteiger partial charge in [0.25, 0.3) is 0 Å². The van der Waals surface area contributed by atoms with Crippen LogP contribution in [0.5, 0.6) is 5.75 Å². The summed E-state index contributed by atoms with van der Waals surface area (Å²) in [7, 11) is 0. The number of hydrogen-bond acceptors (Lipinski definition) is 4. The molecule has 0 atom stereocenters. The molecule has 34 heavy (non-hydrogen) atoms. The van der Waals surface area contributed by atoms with E-state index >= 15 is 0 Å². The summed E-state index contributed by atoms with van der Waals surface area (Å²) in [5, 5.41) is 8.74. The minimum Gasteiger partial charge on any atom is -0.494 e. The molecule has 0 saturated heterocycles. The van der Waals surface area contributed by atoms with E-state index in [1.54, 1.807) is 0 Å². The molecule has 0 N–H and O–H groups in total. The summed E-state index contributed by atoms with van der Waals surface area (Å²) in [5.41, 5.74) is 3.12. The number of unbranched alkanes of at least 4 members (excludes halogenated alkanes) is 12. The average molecular weight is 483 g/mol. The molecule has 3 nitrogen and oxygen atoms in total. The lowest BCUT2D eigenvalue weighted by Gasteiger charge is -2.06. The molecular formula is C30H46N2OS. The van der Waals surface area contributed by atoms with E-state index in [0.29, 0.717) is 0 Å². The third kappa shape index (κ3) is 13.8. The van der Waals surface area contributed by atoms with E-state index in [-0.39, 0.29) is 0 Å². The van der Waals surface area contributed by atoms with Crippen molar-refractivity contribution in [3.05, 3.63) is 54.1 Å². The van der Waals surface area contributed by atoms with Crippen LogP contribution in [0.3, 0.4) is 0 Å². The maximum atomic E-state index is 5.89. The minimum absolute atomic E-state index is 0.787. The van der Waals surface area contributed by atoms with E-state index in [4.69, 9.17) is 4.74 Å². The molecule has 4 heteroatoms. The minimum atomic E-state index is 0.787. The van der Waals surface area contributed by atoms with Crippen molar-refractivity contribution >= 4 is 24.0 Å². The van der Waals surface area contributed by atoms with Crippen LogP contribution in [0.4, 0.5) is 11.4 Å². The van der Waals surface area contributed by atoms with E-state index in [2.05, 4.69) is 54.0 Å². The highest BCUT2D eigenvalue weighted by atomic mass is 32.1. The SMILES string of the molecule is CCCCCCc1ccc(N=Nc2ccc(OCCCCCCCCCCCCS)cc2)cc1. The van der Waals surface area contributed by atoms with Crippen molar-refractivity contribution in [1.82, 2.24) is 0 Å². The van der Waals surface area contributed by atoms with Crippen LogP contribution in [0.2, 0.25) is 0 Å². The van der Waals surface area contributed by atoms with Crippen LogP contribution in [-0.4, -0.2) is 12.4 Å². The molecule has 0 spiro atoms. The second-order valence-electron chi connectivity index (χ2n) is 9.28. The number of nitrogens with zero attached hydrogens (tertiary/aromatic N) is 2. The maximum Gasteiger partial charge on any atom is 0.119 e. The first-order valence-corrected chi connectivity index (χ1v) is 14.3. The van der Waals surface area contributed by atoms with Crippen LogP contribution in [0.1, 0.15) is 102 Å². The molecule has 2 aromatic rings. The first-order chi connectivity index (χ1) is 16.8. The zero-order valence-electron chi connectivity index (χ0n) is 21.4. The average Bonchev–Trinajstić information content (AvgIpc) is 2.87. The summed E-state index contributed by atoms with van der Waals surface area (Å²) in [6.07, 6.45) is 19.5. The predicted octanol–water partition coefficient (Wildman–Crippen LogP) is 10.4. The van der Waals surface area contributed by atoms with Crippen molar-refractivity contribution in [1.29, 1.82) is 0 Å². The molecular weight excluding hydrogens is 436 g/mol. The lowest BCUT2D eigenvalue weighted by atomic mass is 10.1. The molecule has 0 amide bonds. The molecule has 188 valence electrons. The van der Waals surface area contributed by atoms with Crippen molar-refractivity contribution < 1.29 is 4.74 Å². The number of thiol groups is 1. The number of aryl methyl sites for hydroxylation is 1. The molecule has 2 aromatic carbocycles. The Hall–Kier alpha value is -1.81. The topological polar surface area (TPSA) is 34.0 Å². The van der Waals surface area contributed by atoms with Gasteiger partial charge in [-0.3, -0.25) is 0 Å². The second-order valence-corrected chi connectivity index (χ2v) is 9.73. The number of azo groups is 1. The molecule has 0 aliphatic rings. The van der Waals surface area contributed by atoms with Crippen LogP contribution in [-0.2, 0) is 6.42 Å². The molecule has 0 saturated carbocycles. The quantitative estimate of drug-likeness (QED) is 0.114. The molecule has 0 fully saturated rings. The van der Waals surface area contributed by atoms with Gasteiger partial charge in [-0.2, -0.15) is 22.9 Å². The van der Waals surface area contributed by atoms with E-state index in [1.165, 1.54) is 89.0 Å². The number of ether oxygens (including phenoxy) is 1. The molecule has 0 radical (unpaired) electrons. The van der Waals surface area contributed by atoms with E-state index in [1.807, 2.05) is 24.3 Å². The predicted molar refractivity (Wildman–Crippen MR) is 150 cm³/mol. The van der Waals surface area contributed by atoms with E-state index in [0.717, 1.165) is 42.3 Å². The first kappa shape index (κ1) is 28.4. The van der Waals surface area contributed by atoms with Gasteiger partial charge in [0.1, 0.15) is 5.75 Å². The highest BCUT2D eigenvalue weighted by molar-refractivity contribution is 7.80.